The van der Waals surface area contributed by atoms with E-state index >= 15 is 0 Å². The lowest BCUT2D eigenvalue weighted by Gasteiger charge is -2.04. The molecular weight excluding hydrogens is 308 g/mol. The summed E-state index contributed by atoms with van der Waals surface area (Å²) in [6.07, 6.45) is 0. The van der Waals surface area contributed by atoms with Crippen molar-refractivity contribution in [3.05, 3.63) is 22.7 Å². The first kappa shape index (κ1) is 12.6. The Labute approximate surface area is 95.5 Å². The number of halogens is 1. The van der Waals surface area contributed by atoms with E-state index in [9.17, 15) is 16.8 Å². The van der Waals surface area contributed by atoms with Gasteiger partial charge in [-0.05, 0) is 34.1 Å². The van der Waals surface area contributed by atoms with E-state index in [2.05, 4.69) is 15.9 Å². The summed E-state index contributed by atoms with van der Waals surface area (Å²) in [6, 6.07) is 3.32. The third-order valence-corrected chi connectivity index (χ3v) is 4.35. The predicted molar refractivity (Wildman–Crippen MR) is 56.9 cm³/mol. The minimum absolute atomic E-state index is 0.178. The zero-order valence-electron chi connectivity index (χ0n) is 7.21. The Hall–Kier alpha value is -0.480. The van der Waals surface area contributed by atoms with Crippen molar-refractivity contribution in [3.63, 3.8) is 0 Å². The van der Waals surface area contributed by atoms with E-state index in [1.54, 1.807) is 0 Å². The van der Waals surface area contributed by atoms with Crippen molar-refractivity contribution < 1.29 is 16.8 Å². The molecule has 1 aromatic rings. The van der Waals surface area contributed by atoms with E-state index in [-0.39, 0.29) is 14.3 Å². The van der Waals surface area contributed by atoms with E-state index in [1.165, 1.54) is 12.1 Å². The van der Waals surface area contributed by atoms with E-state index in [4.69, 9.17) is 10.3 Å². The van der Waals surface area contributed by atoms with Gasteiger partial charge in [0.2, 0.25) is 20.0 Å². The van der Waals surface area contributed by atoms with Crippen molar-refractivity contribution in [1.82, 2.24) is 0 Å². The fourth-order valence-corrected chi connectivity index (χ4v) is 3.05. The maximum absolute atomic E-state index is 11.0. The van der Waals surface area contributed by atoms with Crippen LogP contribution >= 0.6 is 15.9 Å². The second-order valence-electron chi connectivity index (χ2n) is 2.68. The Balaban J connectivity index is 3.57. The normalized spacial score (nSPS) is 12.7. The highest BCUT2D eigenvalue weighted by Gasteiger charge is 2.17. The van der Waals surface area contributed by atoms with Gasteiger partial charge in [-0.1, -0.05) is 0 Å². The molecule has 0 saturated heterocycles. The van der Waals surface area contributed by atoms with E-state index in [0.29, 0.717) is 0 Å². The molecule has 0 spiro atoms. The minimum Gasteiger partial charge on any atom is -0.225 e. The van der Waals surface area contributed by atoms with Crippen LogP contribution in [0.1, 0.15) is 0 Å². The van der Waals surface area contributed by atoms with Crippen molar-refractivity contribution in [3.8, 4) is 0 Å². The number of sulfonamides is 2. The van der Waals surface area contributed by atoms with Gasteiger partial charge in [-0.3, -0.25) is 0 Å². The second-order valence-corrected chi connectivity index (χ2v) is 6.63. The Kier molecular flexibility index (Phi) is 3.22. The van der Waals surface area contributed by atoms with E-state index in [1.807, 2.05) is 0 Å². The van der Waals surface area contributed by atoms with Crippen LogP contribution in [0.15, 0.2) is 32.5 Å². The fraction of sp³-hybridized carbons (Fsp3) is 0. The number of primary sulfonamides is 2. The number of hydrogen-bond donors (Lipinski definition) is 2. The second kappa shape index (κ2) is 3.83. The van der Waals surface area contributed by atoms with E-state index in [0.717, 1.165) is 6.07 Å². The molecule has 0 aliphatic rings. The van der Waals surface area contributed by atoms with Crippen molar-refractivity contribution in [1.29, 1.82) is 0 Å². The van der Waals surface area contributed by atoms with Gasteiger partial charge in [-0.15, -0.1) is 0 Å². The lowest BCUT2D eigenvalue weighted by atomic mass is 10.4. The molecule has 0 unspecified atom stereocenters. The maximum Gasteiger partial charge on any atom is 0.239 e. The van der Waals surface area contributed by atoms with Gasteiger partial charge in [0.25, 0.3) is 0 Å². The first-order valence-electron chi connectivity index (χ1n) is 3.47. The first-order chi connectivity index (χ1) is 6.62. The summed E-state index contributed by atoms with van der Waals surface area (Å²) in [6.45, 7) is 0. The minimum atomic E-state index is -3.98. The van der Waals surface area contributed by atoms with Crippen molar-refractivity contribution >= 4 is 36.0 Å². The quantitative estimate of drug-likeness (QED) is 0.781. The summed E-state index contributed by atoms with van der Waals surface area (Å²) < 4.78 is 44.2. The van der Waals surface area contributed by atoms with Crippen LogP contribution in [0, 0.1) is 0 Å². The molecule has 0 amide bonds. The van der Waals surface area contributed by atoms with Gasteiger partial charge < -0.3 is 0 Å². The van der Waals surface area contributed by atoms with Gasteiger partial charge in [0.1, 0.15) is 0 Å². The lowest BCUT2D eigenvalue weighted by Crippen LogP contribution is -2.16. The number of nitrogens with two attached hydrogens (primary N) is 2. The van der Waals surface area contributed by atoms with Crippen LogP contribution in [0.2, 0.25) is 0 Å². The third-order valence-electron chi connectivity index (χ3n) is 1.54. The van der Waals surface area contributed by atoms with Gasteiger partial charge in [0, 0.05) is 4.47 Å². The maximum atomic E-state index is 11.0. The van der Waals surface area contributed by atoms with Crippen molar-refractivity contribution in [2.24, 2.45) is 10.3 Å². The van der Waals surface area contributed by atoms with Gasteiger partial charge >= 0.3 is 0 Å². The molecule has 6 nitrogen and oxygen atoms in total. The Bertz CT molecular complexity index is 594. The summed E-state index contributed by atoms with van der Waals surface area (Å²) in [5, 5.41) is 9.72. The molecule has 0 radical (unpaired) electrons. The molecule has 1 rings (SSSR count). The molecule has 0 saturated carbocycles. The van der Waals surface area contributed by atoms with Crippen LogP contribution in [0.25, 0.3) is 0 Å². The Morgan fingerprint density at radius 3 is 1.93 bits per heavy atom. The molecule has 0 atom stereocenters. The van der Waals surface area contributed by atoms with Gasteiger partial charge in [-0.2, -0.15) is 0 Å². The highest BCUT2D eigenvalue weighted by Crippen LogP contribution is 2.23. The van der Waals surface area contributed by atoms with Crippen LogP contribution in [0.5, 0.6) is 0 Å². The summed E-state index contributed by atoms with van der Waals surface area (Å²) in [7, 11) is -7.93. The highest BCUT2D eigenvalue weighted by atomic mass is 79.9. The lowest BCUT2D eigenvalue weighted by molar-refractivity contribution is 0.595. The molecule has 0 heterocycles. The zero-order valence-corrected chi connectivity index (χ0v) is 10.4. The summed E-state index contributed by atoms with van der Waals surface area (Å²) >= 11 is 2.94. The van der Waals surface area contributed by atoms with Crippen LogP contribution in [-0.2, 0) is 20.0 Å². The average molecular weight is 315 g/mol. The number of benzene rings is 1. The highest BCUT2D eigenvalue weighted by molar-refractivity contribution is 9.10. The molecule has 0 aliphatic carbocycles. The largest absolute Gasteiger partial charge is 0.239 e. The Morgan fingerprint density at radius 2 is 1.53 bits per heavy atom. The van der Waals surface area contributed by atoms with Crippen molar-refractivity contribution in [2.75, 3.05) is 0 Å². The standard InChI is InChI=1S/C6H7BrN2O4S2/c7-5-2-1-4(14(8,10)11)3-6(5)15(9,12)13/h1-3H,(H2,8,10,11)(H2,9,12,13). The predicted octanol–water partition coefficient (Wildman–Crippen LogP) is -0.256. The molecule has 9 heteroatoms. The fourth-order valence-electron chi connectivity index (χ4n) is 0.879. The molecule has 0 aromatic heterocycles. The third kappa shape index (κ3) is 2.98. The van der Waals surface area contributed by atoms with E-state index < -0.39 is 20.0 Å². The monoisotopic (exact) mass is 314 g/mol. The molecule has 4 N–H and O–H groups in total. The van der Waals surface area contributed by atoms with Crippen LogP contribution in [-0.4, -0.2) is 16.8 Å². The van der Waals surface area contributed by atoms with Gasteiger partial charge in [0.05, 0.1) is 9.79 Å². The summed E-state index contributed by atoms with van der Waals surface area (Å²) in [5.74, 6) is 0. The van der Waals surface area contributed by atoms with Crippen LogP contribution < -0.4 is 10.3 Å². The smallest absolute Gasteiger partial charge is 0.225 e. The summed E-state index contributed by atoms with van der Waals surface area (Å²) in [5.41, 5.74) is 0. The average Bonchev–Trinajstić information content (AvgIpc) is 2.00. The Morgan fingerprint density at radius 1 is 1.00 bits per heavy atom. The molecule has 0 aliphatic heterocycles. The van der Waals surface area contributed by atoms with Crippen LogP contribution in [0.4, 0.5) is 0 Å². The number of hydrogen-bond acceptors (Lipinski definition) is 4. The summed E-state index contributed by atoms with van der Waals surface area (Å²) in [4.78, 5) is -0.635. The van der Waals surface area contributed by atoms with Crippen molar-refractivity contribution in [2.45, 2.75) is 9.79 Å². The zero-order chi connectivity index (χ0) is 11.9. The number of rotatable bonds is 2. The first-order valence-corrected chi connectivity index (χ1v) is 7.36. The van der Waals surface area contributed by atoms with Crippen LogP contribution in [0.3, 0.4) is 0 Å². The molecule has 1 aromatic carbocycles. The molecule has 15 heavy (non-hydrogen) atoms. The molecular formula is C6H7BrN2O4S2. The molecule has 0 bridgehead atoms. The molecule has 84 valence electrons. The van der Waals surface area contributed by atoms with Gasteiger partial charge in [0.15, 0.2) is 0 Å². The SMILES string of the molecule is NS(=O)(=O)c1ccc(Br)c(S(N)(=O)=O)c1. The topological polar surface area (TPSA) is 120 Å². The molecule has 0 fully saturated rings. The van der Waals surface area contributed by atoms with Gasteiger partial charge in [-0.25, -0.2) is 27.1 Å².